The van der Waals surface area contributed by atoms with E-state index < -0.39 is 24.0 Å². The van der Waals surface area contributed by atoms with E-state index in [1.807, 2.05) is 4.98 Å². The van der Waals surface area contributed by atoms with Gasteiger partial charge < -0.3 is 10.2 Å². The molecular weight excluding hydrogens is 241 g/mol. The van der Waals surface area contributed by atoms with Crippen molar-refractivity contribution in [3.63, 3.8) is 0 Å². The lowest BCUT2D eigenvalue weighted by Crippen LogP contribution is -2.37. The molecule has 0 saturated heterocycles. The van der Waals surface area contributed by atoms with Gasteiger partial charge >= 0.3 is 11.9 Å². The Morgan fingerprint density at radius 3 is 2.59 bits per heavy atom. The lowest BCUT2D eigenvalue weighted by molar-refractivity contribution is -0.119. The number of aromatic amines is 1. The summed E-state index contributed by atoms with van der Waals surface area (Å²) in [4.78, 5) is 25.5. The topological polar surface area (TPSA) is 70.1 Å². The largest absolute Gasteiger partial charge is 0.405 e. The maximum absolute atomic E-state index is 12.3. The molecule has 1 aromatic heterocycles. The second kappa shape index (κ2) is 3.54. The number of halogens is 3. The molecule has 0 aliphatic carbocycles. The van der Waals surface area contributed by atoms with Gasteiger partial charge in [0.1, 0.15) is 18.1 Å². The molecule has 1 aromatic rings. The second-order valence-corrected chi connectivity index (χ2v) is 3.66. The van der Waals surface area contributed by atoms with E-state index in [9.17, 15) is 22.8 Å². The number of nitrogens with zero attached hydrogens (tertiary/aromatic N) is 2. The molecule has 0 atom stereocenters. The zero-order valence-corrected chi connectivity index (χ0v) is 8.76. The van der Waals surface area contributed by atoms with Gasteiger partial charge in [-0.25, -0.2) is 4.79 Å². The molecule has 0 amide bonds. The third-order valence-electron chi connectivity index (χ3n) is 2.42. The van der Waals surface area contributed by atoms with Crippen molar-refractivity contribution in [2.45, 2.75) is 6.18 Å². The Kier molecular flexibility index (Phi) is 2.40. The number of anilines is 2. The van der Waals surface area contributed by atoms with Crippen molar-refractivity contribution >= 4 is 11.5 Å². The average molecular weight is 250 g/mol. The van der Waals surface area contributed by atoms with E-state index in [0.717, 1.165) is 9.47 Å². The lowest BCUT2D eigenvalue weighted by Gasteiger charge is -2.18. The number of rotatable bonds is 1. The van der Waals surface area contributed by atoms with Gasteiger partial charge in [-0.05, 0) is 0 Å². The van der Waals surface area contributed by atoms with Crippen LogP contribution in [0.3, 0.4) is 0 Å². The molecule has 0 fully saturated rings. The highest BCUT2D eigenvalue weighted by molar-refractivity contribution is 5.70. The number of hydrogen-bond acceptors (Lipinski definition) is 4. The number of hydrogen-bond donors (Lipinski definition) is 2. The number of nitrogens with one attached hydrogen (secondary N) is 2. The molecule has 0 radical (unpaired) electrons. The average Bonchev–Trinajstić information content (AvgIpc) is 2.56. The summed E-state index contributed by atoms with van der Waals surface area (Å²) in [5, 5.41) is 2.59. The van der Waals surface area contributed by atoms with Crippen molar-refractivity contribution in [2.24, 2.45) is 7.05 Å². The van der Waals surface area contributed by atoms with E-state index in [2.05, 4.69) is 5.32 Å². The molecule has 1 aliphatic rings. The molecule has 94 valence electrons. The first-order valence-electron chi connectivity index (χ1n) is 4.68. The van der Waals surface area contributed by atoms with Crippen LogP contribution in [-0.4, -0.2) is 28.9 Å². The number of fused-ring (bicyclic) bond motifs is 1. The molecule has 0 unspecified atom stereocenters. The fourth-order valence-corrected chi connectivity index (χ4v) is 1.70. The van der Waals surface area contributed by atoms with Crippen LogP contribution in [-0.2, 0) is 7.05 Å². The predicted octanol–water partition coefficient (Wildman–Crippen LogP) is -0.175. The highest BCUT2D eigenvalue weighted by atomic mass is 19.4. The van der Waals surface area contributed by atoms with Gasteiger partial charge in [0.15, 0.2) is 0 Å². The Balaban J connectivity index is 2.49. The quantitative estimate of drug-likeness (QED) is 0.725. The molecule has 0 aromatic carbocycles. The van der Waals surface area contributed by atoms with Crippen LogP contribution < -0.4 is 21.5 Å². The summed E-state index contributed by atoms with van der Waals surface area (Å²) in [7, 11) is 1.36. The van der Waals surface area contributed by atoms with Crippen molar-refractivity contribution in [2.75, 3.05) is 23.4 Å². The van der Waals surface area contributed by atoms with Crippen molar-refractivity contribution in [1.29, 1.82) is 0 Å². The van der Waals surface area contributed by atoms with E-state index in [1.54, 1.807) is 0 Å². The van der Waals surface area contributed by atoms with Crippen LogP contribution in [0.15, 0.2) is 9.59 Å². The van der Waals surface area contributed by atoms with Crippen LogP contribution >= 0.6 is 0 Å². The summed E-state index contributed by atoms with van der Waals surface area (Å²) >= 11 is 0. The normalized spacial score (nSPS) is 14.7. The first kappa shape index (κ1) is 11.6. The van der Waals surface area contributed by atoms with Crippen LogP contribution in [0, 0.1) is 0 Å². The maximum atomic E-state index is 12.3. The van der Waals surface area contributed by atoms with E-state index >= 15 is 0 Å². The van der Waals surface area contributed by atoms with Crippen LogP contribution in [0.5, 0.6) is 0 Å². The van der Waals surface area contributed by atoms with Crippen LogP contribution in [0.1, 0.15) is 0 Å². The molecule has 6 nitrogen and oxygen atoms in total. The summed E-state index contributed by atoms with van der Waals surface area (Å²) in [6.45, 7) is -1.40. The molecule has 1 aliphatic heterocycles. The highest BCUT2D eigenvalue weighted by Gasteiger charge is 2.35. The second-order valence-electron chi connectivity index (χ2n) is 3.66. The van der Waals surface area contributed by atoms with Gasteiger partial charge in [-0.15, -0.1) is 0 Å². The zero-order chi connectivity index (χ0) is 12.8. The van der Waals surface area contributed by atoms with Gasteiger partial charge in [0.25, 0.3) is 5.56 Å². The third kappa shape index (κ3) is 1.99. The van der Waals surface area contributed by atoms with Gasteiger partial charge in [-0.3, -0.25) is 14.3 Å². The molecular formula is C8H9F3N4O2. The highest BCUT2D eigenvalue weighted by Crippen LogP contribution is 2.28. The smallest absolute Gasteiger partial charge is 0.352 e. The molecule has 2 N–H and O–H groups in total. The van der Waals surface area contributed by atoms with Crippen molar-refractivity contribution in [3.8, 4) is 0 Å². The van der Waals surface area contributed by atoms with Crippen LogP contribution in [0.4, 0.5) is 24.7 Å². The minimum Gasteiger partial charge on any atom is -0.352 e. The molecule has 2 heterocycles. The standard InChI is InChI=1S/C8H9F3N4O2/c1-14-5-4(6(16)13-7(14)17)15(3-12-5)2-8(9,10)11/h12H,2-3H2,1H3,(H,13,16,17). The lowest BCUT2D eigenvalue weighted by atomic mass is 10.4. The number of H-pyrrole nitrogens is 1. The molecule has 0 spiro atoms. The van der Waals surface area contributed by atoms with Crippen molar-refractivity contribution in [1.82, 2.24) is 9.55 Å². The fourth-order valence-electron chi connectivity index (χ4n) is 1.70. The van der Waals surface area contributed by atoms with E-state index in [4.69, 9.17) is 0 Å². The number of aromatic nitrogens is 2. The summed E-state index contributed by atoms with van der Waals surface area (Å²) in [6.07, 6.45) is -4.41. The minimum absolute atomic E-state index is 0.100. The van der Waals surface area contributed by atoms with E-state index in [1.165, 1.54) is 7.05 Å². The Bertz CT molecular complexity index is 559. The minimum atomic E-state index is -4.41. The van der Waals surface area contributed by atoms with E-state index in [0.29, 0.717) is 0 Å². The summed E-state index contributed by atoms with van der Waals surface area (Å²) in [5.74, 6) is 0.100. The van der Waals surface area contributed by atoms with Crippen molar-refractivity contribution < 1.29 is 13.2 Å². The Labute approximate surface area is 92.7 Å². The van der Waals surface area contributed by atoms with Crippen LogP contribution in [0.2, 0.25) is 0 Å². The molecule has 17 heavy (non-hydrogen) atoms. The summed E-state index contributed by atoms with van der Waals surface area (Å²) in [6, 6.07) is 0. The van der Waals surface area contributed by atoms with Gasteiger partial charge in [0.2, 0.25) is 0 Å². The Hall–Kier alpha value is -1.93. The van der Waals surface area contributed by atoms with Crippen LogP contribution in [0.25, 0.3) is 0 Å². The molecule has 0 saturated carbocycles. The van der Waals surface area contributed by atoms with E-state index in [-0.39, 0.29) is 18.2 Å². The maximum Gasteiger partial charge on any atom is 0.405 e. The molecule has 9 heteroatoms. The zero-order valence-electron chi connectivity index (χ0n) is 8.76. The summed E-state index contributed by atoms with van der Waals surface area (Å²) in [5.41, 5.74) is -1.66. The summed E-state index contributed by atoms with van der Waals surface area (Å²) < 4.78 is 37.9. The Morgan fingerprint density at radius 2 is 2.00 bits per heavy atom. The van der Waals surface area contributed by atoms with Gasteiger partial charge in [0.05, 0.1) is 6.67 Å². The first-order valence-corrected chi connectivity index (χ1v) is 4.68. The van der Waals surface area contributed by atoms with Crippen molar-refractivity contribution in [3.05, 3.63) is 20.8 Å². The SMILES string of the molecule is Cn1c2c(c(=O)[nH]c1=O)N(CC(F)(F)F)CN2. The monoisotopic (exact) mass is 250 g/mol. The number of alkyl halides is 3. The van der Waals surface area contributed by atoms with Gasteiger partial charge in [-0.1, -0.05) is 0 Å². The predicted molar refractivity (Wildman–Crippen MR) is 54.2 cm³/mol. The first-order chi connectivity index (χ1) is 7.79. The Morgan fingerprint density at radius 1 is 1.35 bits per heavy atom. The van der Waals surface area contributed by atoms with Gasteiger partial charge in [0, 0.05) is 7.05 Å². The van der Waals surface area contributed by atoms with Gasteiger partial charge in [-0.2, -0.15) is 13.2 Å². The third-order valence-corrected chi connectivity index (χ3v) is 2.42. The fraction of sp³-hybridized carbons (Fsp3) is 0.500. The molecule has 2 rings (SSSR count). The molecule has 0 bridgehead atoms.